The van der Waals surface area contributed by atoms with Crippen LogP contribution in [0.25, 0.3) is 0 Å². The summed E-state index contributed by atoms with van der Waals surface area (Å²) in [5, 5.41) is 10.4. The van der Waals surface area contributed by atoms with Gasteiger partial charge in [0.25, 0.3) is 0 Å². The number of nitrogens with zero attached hydrogens (tertiary/aromatic N) is 2. The first kappa shape index (κ1) is 11.5. The molecule has 0 atom stereocenters. The van der Waals surface area contributed by atoms with E-state index in [0.29, 0.717) is 10.3 Å². The zero-order valence-corrected chi connectivity index (χ0v) is 9.50. The highest BCUT2D eigenvalue weighted by atomic mass is 32.1. The van der Waals surface area contributed by atoms with Gasteiger partial charge in [0.2, 0.25) is 16.2 Å². The van der Waals surface area contributed by atoms with E-state index in [2.05, 4.69) is 15.5 Å². The third-order valence-electron chi connectivity index (χ3n) is 1.96. The fourth-order valence-electron chi connectivity index (χ4n) is 1.24. The van der Waals surface area contributed by atoms with Crippen LogP contribution in [0.3, 0.4) is 0 Å². The van der Waals surface area contributed by atoms with Crippen LogP contribution in [0.15, 0.2) is 24.3 Å². The largest absolute Gasteiger partial charge is 0.374 e. The monoisotopic (exact) mass is 252 g/mol. The average Bonchev–Trinajstić information content (AvgIpc) is 2.67. The number of nitrogens with one attached hydrogen (secondary N) is 1. The van der Waals surface area contributed by atoms with Crippen molar-refractivity contribution >= 4 is 27.5 Å². The molecule has 1 amide bonds. The lowest BCUT2D eigenvalue weighted by atomic mass is 10.1. The Labute approximate surface area is 100 Å². The van der Waals surface area contributed by atoms with Crippen LogP contribution < -0.4 is 11.1 Å². The van der Waals surface area contributed by atoms with Gasteiger partial charge in [0.1, 0.15) is 5.82 Å². The number of benzene rings is 1. The van der Waals surface area contributed by atoms with E-state index in [4.69, 9.17) is 5.73 Å². The Hall–Kier alpha value is -2.02. The maximum absolute atomic E-state index is 12.6. The minimum absolute atomic E-state index is 0.153. The van der Waals surface area contributed by atoms with E-state index in [1.165, 1.54) is 12.1 Å². The number of aromatic nitrogens is 2. The van der Waals surface area contributed by atoms with Gasteiger partial charge in [0, 0.05) is 0 Å². The molecule has 2 aromatic rings. The second-order valence-corrected chi connectivity index (χ2v) is 4.31. The molecular weight excluding hydrogens is 243 g/mol. The quantitative estimate of drug-likeness (QED) is 0.866. The molecule has 2 rings (SSSR count). The highest BCUT2D eigenvalue weighted by Crippen LogP contribution is 2.16. The third-order valence-corrected chi connectivity index (χ3v) is 2.63. The summed E-state index contributed by atoms with van der Waals surface area (Å²) in [4.78, 5) is 11.6. The summed E-state index contributed by atoms with van der Waals surface area (Å²) in [6.45, 7) is 0. The predicted octanol–water partition coefficient (Wildman–Crippen LogP) is 1.44. The van der Waals surface area contributed by atoms with Crippen LogP contribution in [0, 0.1) is 5.82 Å². The summed E-state index contributed by atoms with van der Waals surface area (Å²) in [6, 6.07) is 5.74. The minimum atomic E-state index is -0.328. The Morgan fingerprint density at radius 2 is 2.06 bits per heavy atom. The Bertz CT molecular complexity index is 525. The summed E-state index contributed by atoms with van der Waals surface area (Å²) in [6.07, 6.45) is 0.153. The number of halogens is 1. The minimum Gasteiger partial charge on any atom is -0.374 e. The lowest BCUT2D eigenvalue weighted by Gasteiger charge is -2.01. The molecule has 1 aromatic carbocycles. The molecule has 0 bridgehead atoms. The molecule has 3 N–H and O–H groups in total. The summed E-state index contributed by atoms with van der Waals surface area (Å²) in [5.41, 5.74) is 6.10. The highest BCUT2D eigenvalue weighted by molar-refractivity contribution is 7.18. The van der Waals surface area contributed by atoms with Gasteiger partial charge >= 0.3 is 0 Å². The van der Waals surface area contributed by atoms with Crippen molar-refractivity contribution in [3.05, 3.63) is 35.6 Å². The molecule has 88 valence electrons. The summed E-state index contributed by atoms with van der Waals surface area (Å²) < 4.78 is 12.6. The van der Waals surface area contributed by atoms with Crippen molar-refractivity contribution in [2.75, 3.05) is 11.1 Å². The second-order valence-electron chi connectivity index (χ2n) is 3.30. The van der Waals surface area contributed by atoms with Gasteiger partial charge in [-0.1, -0.05) is 23.5 Å². The molecule has 0 aliphatic heterocycles. The fourth-order valence-corrected chi connectivity index (χ4v) is 1.76. The average molecular weight is 252 g/mol. The lowest BCUT2D eigenvalue weighted by Crippen LogP contribution is -2.14. The van der Waals surface area contributed by atoms with E-state index in [0.717, 1.165) is 16.9 Å². The first-order valence-corrected chi connectivity index (χ1v) is 5.58. The van der Waals surface area contributed by atoms with Crippen LogP contribution in [0.1, 0.15) is 5.56 Å². The summed E-state index contributed by atoms with van der Waals surface area (Å²) >= 11 is 1.09. The number of carbonyl (C=O) groups excluding carboxylic acids is 1. The number of anilines is 2. The van der Waals surface area contributed by atoms with Crippen LogP contribution >= 0.6 is 11.3 Å². The van der Waals surface area contributed by atoms with Crippen LogP contribution in [0.5, 0.6) is 0 Å². The lowest BCUT2D eigenvalue weighted by molar-refractivity contribution is -0.115. The molecular formula is C10H9FN4OS. The van der Waals surface area contributed by atoms with Gasteiger partial charge in [-0.25, -0.2) is 4.39 Å². The van der Waals surface area contributed by atoms with Gasteiger partial charge in [0.15, 0.2) is 0 Å². The Kier molecular flexibility index (Phi) is 3.29. The maximum Gasteiger partial charge on any atom is 0.230 e. The molecule has 0 aliphatic rings. The van der Waals surface area contributed by atoms with Crippen molar-refractivity contribution in [1.29, 1.82) is 0 Å². The number of carbonyl (C=O) groups is 1. The van der Waals surface area contributed by atoms with E-state index in [-0.39, 0.29) is 18.1 Å². The van der Waals surface area contributed by atoms with Crippen LogP contribution in [0.4, 0.5) is 14.7 Å². The molecule has 1 aromatic heterocycles. The molecule has 0 aliphatic carbocycles. The Balaban J connectivity index is 1.95. The maximum atomic E-state index is 12.6. The number of hydrogen-bond donors (Lipinski definition) is 2. The first-order valence-electron chi connectivity index (χ1n) is 4.77. The number of nitrogens with two attached hydrogens (primary N) is 1. The van der Waals surface area contributed by atoms with E-state index in [9.17, 15) is 9.18 Å². The van der Waals surface area contributed by atoms with Crippen molar-refractivity contribution in [1.82, 2.24) is 10.2 Å². The highest BCUT2D eigenvalue weighted by Gasteiger charge is 2.07. The van der Waals surface area contributed by atoms with Crippen molar-refractivity contribution < 1.29 is 9.18 Å². The van der Waals surface area contributed by atoms with Gasteiger partial charge in [0.05, 0.1) is 6.42 Å². The van der Waals surface area contributed by atoms with Crippen molar-refractivity contribution in [3.8, 4) is 0 Å². The molecule has 17 heavy (non-hydrogen) atoms. The molecule has 7 heteroatoms. The number of amides is 1. The molecule has 5 nitrogen and oxygen atoms in total. The first-order chi connectivity index (χ1) is 8.13. The van der Waals surface area contributed by atoms with Gasteiger partial charge in [-0.05, 0) is 17.7 Å². The van der Waals surface area contributed by atoms with Crippen molar-refractivity contribution in [2.45, 2.75) is 6.42 Å². The van der Waals surface area contributed by atoms with Gasteiger partial charge in [-0.15, -0.1) is 10.2 Å². The zero-order valence-electron chi connectivity index (χ0n) is 8.68. The smallest absolute Gasteiger partial charge is 0.230 e. The van der Waals surface area contributed by atoms with Gasteiger partial charge in [-0.3, -0.25) is 4.79 Å². The zero-order chi connectivity index (χ0) is 12.3. The number of hydrogen-bond acceptors (Lipinski definition) is 5. The molecule has 0 saturated carbocycles. The SMILES string of the molecule is Nc1nnc(NC(=O)Cc2ccc(F)cc2)s1. The molecule has 0 spiro atoms. The molecule has 0 fully saturated rings. The standard InChI is InChI=1S/C10H9FN4OS/c11-7-3-1-6(2-4-7)5-8(16)13-10-15-14-9(12)17-10/h1-4H,5H2,(H2,12,14)(H,13,15,16). The van der Waals surface area contributed by atoms with Crippen LogP contribution in [0.2, 0.25) is 0 Å². The molecule has 0 unspecified atom stereocenters. The molecule has 1 heterocycles. The number of nitrogen functional groups attached to an aromatic ring is 1. The van der Waals surface area contributed by atoms with Crippen LogP contribution in [-0.2, 0) is 11.2 Å². The topological polar surface area (TPSA) is 80.9 Å². The summed E-state index contributed by atoms with van der Waals surface area (Å²) in [5.74, 6) is -0.571. The van der Waals surface area contributed by atoms with Crippen molar-refractivity contribution in [2.24, 2.45) is 0 Å². The summed E-state index contributed by atoms with van der Waals surface area (Å²) in [7, 11) is 0. The number of rotatable bonds is 3. The third kappa shape index (κ3) is 3.22. The predicted molar refractivity (Wildman–Crippen MR) is 63.1 cm³/mol. The Morgan fingerprint density at radius 1 is 1.35 bits per heavy atom. The fraction of sp³-hybridized carbons (Fsp3) is 0.100. The van der Waals surface area contributed by atoms with E-state index >= 15 is 0 Å². The van der Waals surface area contributed by atoms with Crippen molar-refractivity contribution in [3.63, 3.8) is 0 Å². The normalized spacial score (nSPS) is 10.2. The van der Waals surface area contributed by atoms with E-state index in [1.54, 1.807) is 12.1 Å². The van der Waals surface area contributed by atoms with Gasteiger partial charge < -0.3 is 11.1 Å². The van der Waals surface area contributed by atoms with Crippen LogP contribution in [-0.4, -0.2) is 16.1 Å². The van der Waals surface area contributed by atoms with E-state index in [1.807, 2.05) is 0 Å². The molecule has 0 saturated heterocycles. The molecule has 0 radical (unpaired) electrons. The second kappa shape index (κ2) is 4.88. The van der Waals surface area contributed by atoms with Gasteiger partial charge in [-0.2, -0.15) is 0 Å². The Morgan fingerprint density at radius 3 is 2.65 bits per heavy atom. The van der Waals surface area contributed by atoms with E-state index < -0.39 is 0 Å².